The third-order valence-corrected chi connectivity index (χ3v) is 7.32. The topological polar surface area (TPSA) is 61.8 Å². The van der Waals surface area contributed by atoms with Crippen LogP contribution in [0.1, 0.15) is 104 Å². The minimum atomic E-state index is -0.350. The summed E-state index contributed by atoms with van der Waals surface area (Å²) in [6.45, 7) is 9.23. The summed E-state index contributed by atoms with van der Waals surface area (Å²) < 4.78 is 16.9. The number of esters is 2. The fourth-order valence-corrected chi connectivity index (χ4v) is 4.99. The Morgan fingerprint density at radius 1 is 0.906 bits per heavy atom. The zero-order chi connectivity index (χ0) is 23.2. The molecule has 0 radical (unpaired) electrons. The fourth-order valence-electron chi connectivity index (χ4n) is 4.99. The van der Waals surface area contributed by atoms with Crippen LogP contribution >= 0.6 is 0 Å². The molecule has 184 valence electrons. The highest BCUT2D eigenvalue weighted by Gasteiger charge is 2.31. The molecule has 2 aliphatic rings. The average molecular weight is 451 g/mol. The summed E-state index contributed by atoms with van der Waals surface area (Å²) in [6, 6.07) is 0. The van der Waals surface area contributed by atoms with Crippen LogP contribution in [0.25, 0.3) is 0 Å². The number of ether oxygens (including phenoxy) is 3. The van der Waals surface area contributed by atoms with E-state index in [4.69, 9.17) is 14.2 Å². The van der Waals surface area contributed by atoms with Gasteiger partial charge in [0.1, 0.15) is 6.10 Å². The van der Waals surface area contributed by atoms with E-state index in [1.54, 1.807) is 0 Å². The van der Waals surface area contributed by atoms with Crippen molar-refractivity contribution >= 4 is 11.9 Å². The molecule has 5 nitrogen and oxygen atoms in total. The Balaban J connectivity index is 1.48. The second kappa shape index (κ2) is 15.5. The second-order valence-electron chi connectivity index (χ2n) is 9.96. The summed E-state index contributed by atoms with van der Waals surface area (Å²) in [6.07, 6.45) is 16.4. The Morgan fingerprint density at radius 2 is 1.53 bits per heavy atom. The molecule has 32 heavy (non-hydrogen) atoms. The standard InChI is InChI=1S/C27H46O5/c1-4-21(3)20-22-10-14-25(15-11-22)32-27(29)23-12-16-24(17-13-23)30-18-8-6-7-9-19-31-26(28)5-2/h5,21-25H,2,4,6-20H2,1,3H3. The minimum Gasteiger partial charge on any atom is -0.463 e. The number of unbranched alkanes of at least 4 members (excludes halogenated alkanes) is 3. The van der Waals surface area contributed by atoms with Crippen LogP contribution in [-0.2, 0) is 23.8 Å². The van der Waals surface area contributed by atoms with E-state index in [2.05, 4.69) is 20.4 Å². The number of carbonyl (C=O) groups excluding carboxylic acids is 2. The molecule has 0 heterocycles. The number of hydrogen-bond donors (Lipinski definition) is 0. The Labute approximate surface area is 195 Å². The highest BCUT2D eigenvalue weighted by Crippen LogP contribution is 2.33. The SMILES string of the molecule is C=CC(=O)OCCCCCCOC1CCC(C(=O)OC2CCC(CC(C)CC)CC2)CC1. The van der Waals surface area contributed by atoms with E-state index in [0.29, 0.717) is 6.61 Å². The van der Waals surface area contributed by atoms with Gasteiger partial charge in [0.2, 0.25) is 0 Å². The molecule has 0 aliphatic heterocycles. The summed E-state index contributed by atoms with van der Waals surface area (Å²) in [4.78, 5) is 23.6. The molecule has 0 aromatic rings. The Morgan fingerprint density at radius 3 is 2.16 bits per heavy atom. The molecule has 0 aromatic heterocycles. The molecule has 2 fully saturated rings. The Bertz CT molecular complexity index is 544. The lowest BCUT2D eigenvalue weighted by Crippen LogP contribution is -2.32. The molecular weight excluding hydrogens is 404 g/mol. The van der Waals surface area contributed by atoms with Crippen molar-refractivity contribution in [2.45, 2.75) is 116 Å². The lowest BCUT2D eigenvalue weighted by atomic mass is 9.81. The molecule has 0 N–H and O–H groups in total. The maximum Gasteiger partial charge on any atom is 0.330 e. The van der Waals surface area contributed by atoms with Crippen LogP contribution in [-0.4, -0.2) is 37.4 Å². The molecule has 2 saturated carbocycles. The van der Waals surface area contributed by atoms with E-state index in [1.807, 2.05) is 0 Å². The van der Waals surface area contributed by atoms with E-state index in [1.165, 1.54) is 31.8 Å². The summed E-state index contributed by atoms with van der Waals surface area (Å²) in [7, 11) is 0. The molecule has 0 aromatic carbocycles. The zero-order valence-electron chi connectivity index (χ0n) is 20.5. The van der Waals surface area contributed by atoms with Gasteiger partial charge >= 0.3 is 11.9 Å². The van der Waals surface area contributed by atoms with E-state index < -0.39 is 0 Å². The molecule has 2 aliphatic carbocycles. The summed E-state index contributed by atoms with van der Waals surface area (Å²) in [5, 5.41) is 0. The first-order valence-corrected chi connectivity index (χ1v) is 13.1. The Kier molecular flexibility index (Phi) is 13.0. The van der Waals surface area contributed by atoms with Gasteiger partial charge in [-0.05, 0) is 88.9 Å². The van der Waals surface area contributed by atoms with Gasteiger partial charge in [0.25, 0.3) is 0 Å². The van der Waals surface area contributed by atoms with Crippen LogP contribution < -0.4 is 0 Å². The van der Waals surface area contributed by atoms with Gasteiger partial charge in [-0.2, -0.15) is 0 Å². The van der Waals surface area contributed by atoms with Gasteiger partial charge in [-0.25, -0.2) is 4.79 Å². The van der Waals surface area contributed by atoms with Crippen LogP contribution in [0.4, 0.5) is 0 Å². The second-order valence-corrected chi connectivity index (χ2v) is 9.96. The van der Waals surface area contributed by atoms with Crippen molar-refractivity contribution in [2.75, 3.05) is 13.2 Å². The normalized spacial score (nSPS) is 26.8. The molecule has 0 spiro atoms. The summed E-state index contributed by atoms with van der Waals surface area (Å²) in [5.74, 6) is 1.38. The predicted molar refractivity (Wildman–Crippen MR) is 127 cm³/mol. The highest BCUT2D eigenvalue weighted by molar-refractivity contribution is 5.81. The third kappa shape index (κ3) is 10.5. The van der Waals surface area contributed by atoms with E-state index in [0.717, 1.165) is 82.7 Å². The average Bonchev–Trinajstić information content (AvgIpc) is 2.82. The number of rotatable bonds is 14. The van der Waals surface area contributed by atoms with Crippen molar-refractivity contribution in [3.8, 4) is 0 Å². The number of carbonyl (C=O) groups is 2. The highest BCUT2D eigenvalue weighted by atomic mass is 16.5. The lowest BCUT2D eigenvalue weighted by Gasteiger charge is -2.32. The van der Waals surface area contributed by atoms with Crippen LogP contribution in [0.5, 0.6) is 0 Å². The van der Waals surface area contributed by atoms with Crippen molar-refractivity contribution in [3.05, 3.63) is 12.7 Å². The third-order valence-electron chi connectivity index (χ3n) is 7.32. The fraction of sp³-hybridized carbons (Fsp3) is 0.852. The first-order chi connectivity index (χ1) is 15.5. The van der Waals surface area contributed by atoms with E-state index >= 15 is 0 Å². The van der Waals surface area contributed by atoms with Crippen LogP contribution in [0, 0.1) is 17.8 Å². The van der Waals surface area contributed by atoms with Gasteiger partial charge in [0, 0.05) is 12.7 Å². The van der Waals surface area contributed by atoms with E-state index in [-0.39, 0.29) is 30.1 Å². The van der Waals surface area contributed by atoms with Crippen LogP contribution in [0.3, 0.4) is 0 Å². The minimum absolute atomic E-state index is 0.0333. The van der Waals surface area contributed by atoms with E-state index in [9.17, 15) is 9.59 Å². The van der Waals surface area contributed by atoms with Crippen molar-refractivity contribution < 1.29 is 23.8 Å². The first-order valence-electron chi connectivity index (χ1n) is 13.1. The van der Waals surface area contributed by atoms with Crippen molar-refractivity contribution in [1.82, 2.24) is 0 Å². The predicted octanol–water partition coefficient (Wildman–Crippen LogP) is 6.39. The molecule has 1 unspecified atom stereocenters. The zero-order valence-corrected chi connectivity index (χ0v) is 20.5. The Hall–Kier alpha value is -1.36. The maximum absolute atomic E-state index is 12.6. The molecule has 5 heteroatoms. The first kappa shape index (κ1) is 26.9. The molecule has 0 bridgehead atoms. The van der Waals surface area contributed by atoms with Crippen molar-refractivity contribution in [1.29, 1.82) is 0 Å². The molecule has 1 atom stereocenters. The van der Waals surface area contributed by atoms with Crippen molar-refractivity contribution in [3.63, 3.8) is 0 Å². The molecule has 0 amide bonds. The summed E-state index contributed by atoms with van der Waals surface area (Å²) in [5.41, 5.74) is 0. The van der Waals surface area contributed by atoms with Gasteiger partial charge in [-0.1, -0.05) is 33.3 Å². The summed E-state index contributed by atoms with van der Waals surface area (Å²) >= 11 is 0. The van der Waals surface area contributed by atoms with Crippen LogP contribution in [0.15, 0.2) is 12.7 Å². The molecule has 2 rings (SSSR count). The molecule has 0 saturated heterocycles. The smallest absolute Gasteiger partial charge is 0.330 e. The van der Waals surface area contributed by atoms with Crippen molar-refractivity contribution in [2.24, 2.45) is 17.8 Å². The van der Waals surface area contributed by atoms with Gasteiger partial charge in [0.15, 0.2) is 0 Å². The van der Waals surface area contributed by atoms with Gasteiger partial charge in [-0.3, -0.25) is 4.79 Å². The maximum atomic E-state index is 12.6. The van der Waals surface area contributed by atoms with Gasteiger partial charge < -0.3 is 14.2 Å². The quantitative estimate of drug-likeness (QED) is 0.174. The lowest BCUT2D eigenvalue weighted by molar-refractivity contribution is -0.158. The van der Waals surface area contributed by atoms with Gasteiger partial charge in [0.05, 0.1) is 18.6 Å². The van der Waals surface area contributed by atoms with Gasteiger partial charge in [-0.15, -0.1) is 0 Å². The monoisotopic (exact) mass is 450 g/mol. The number of hydrogen-bond acceptors (Lipinski definition) is 5. The van der Waals surface area contributed by atoms with Crippen LogP contribution in [0.2, 0.25) is 0 Å². The largest absolute Gasteiger partial charge is 0.463 e. The molecular formula is C27H46O5.